The van der Waals surface area contributed by atoms with E-state index in [2.05, 4.69) is 28.6 Å². The van der Waals surface area contributed by atoms with Crippen LogP contribution in [0.15, 0.2) is 18.2 Å². The van der Waals surface area contributed by atoms with Crippen LogP contribution in [0.3, 0.4) is 0 Å². The number of nitrogens with zero attached hydrogens (tertiary/aromatic N) is 2. The molecule has 1 heterocycles. The van der Waals surface area contributed by atoms with Gasteiger partial charge in [-0.2, -0.15) is 0 Å². The van der Waals surface area contributed by atoms with Crippen LogP contribution in [-0.2, 0) is 6.54 Å². The summed E-state index contributed by atoms with van der Waals surface area (Å²) < 4.78 is 14.1. The summed E-state index contributed by atoms with van der Waals surface area (Å²) in [7, 11) is 0. The van der Waals surface area contributed by atoms with Gasteiger partial charge in [-0.25, -0.2) is 4.39 Å². The summed E-state index contributed by atoms with van der Waals surface area (Å²) in [5.41, 5.74) is 1.33. The molecular formula is C17H23FN2O. The molecule has 0 radical (unpaired) electrons. The average Bonchev–Trinajstić information content (AvgIpc) is 2.50. The third-order valence-electron chi connectivity index (χ3n) is 3.76. The molecule has 0 saturated carbocycles. The molecule has 1 aromatic rings. The Bertz CT molecular complexity index is 513. The SMILES string of the molecule is CCCN1CCN(Cc2ccc(C#CCO)cc2F)CC1. The molecule has 1 fully saturated rings. The van der Waals surface area contributed by atoms with E-state index in [4.69, 9.17) is 5.11 Å². The van der Waals surface area contributed by atoms with E-state index in [1.807, 2.05) is 6.07 Å². The summed E-state index contributed by atoms with van der Waals surface area (Å²) in [5.74, 6) is 5.05. The number of hydrogen-bond acceptors (Lipinski definition) is 3. The highest BCUT2D eigenvalue weighted by molar-refractivity contribution is 5.37. The van der Waals surface area contributed by atoms with Crippen molar-refractivity contribution in [3.05, 3.63) is 35.1 Å². The first-order valence-corrected chi connectivity index (χ1v) is 7.55. The summed E-state index contributed by atoms with van der Waals surface area (Å²) in [4.78, 5) is 4.75. The molecule has 0 aliphatic carbocycles. The van der Waals surface area contributed by atoms with Gasteiger partial charge in [-0.15, -0.1) is 0 Å². The average molecular weight is 290 g/mol. The molecule has 1 aliphatic rings. The van der Waals surface area contributed by atoms with Crippen LogP contribution in [0.5, 0.6) is 0 Å². The van der Waals surface area contributed by atoms with Gasteiger partial charge in [-0.3, -0.25) is 4.90 Å². The fourth-order valence-electron chi connectivity index (χ4n) is 2.62. The minimum Gasteiger partial charge on any atom is -0.384 e. The van der Waals surface area contributed by atoms with Crippen LogP contribution in [-0.4, -0.2) is 54.2 Å². The zero-order chi connectivity index (χ0) is 15.1. The van der Waals surface area contributed by atoms with Crippen molar-refractivity contribution in [2.75, 3.05) is 39.3 Å². The third-order valence-corrected chi connectivity index (χ3v) is 3.76. The van der Waals surface area contributed by atoms with Crippen molar-refractivity contribution < 1.29 is 9.50 Å². The molecule has 4 heteroatoms. The van der Waals surface area contributed by atoms with Crippen molar-refractivity contribution in [3.63, 3.8) is 0 Å². The molecule has 2 rings (SSSR count). The number of piperazine rings is 1. The number of hydrogen-bond donors (Lipinski definition) is 1. The number of aliphatic hydroxyl groups is 1. The summed E-state index contributed by atoms with van der Waals surface area (Å²) in [5, 5.41) is 8.65. The van der Waals surface area contributed by atoms with Crippen molar-refractivity contribution >= 4 is 0 Å². The third kappa shape index (κ3) is 4.82. The minimum atomic E-state index is -0.212. The van der Waals surface area contributed by atoms with Crippen molar-refractivity contribution in [1.29, 1.82) is 0 Å². The second-order valence-electron chi connectivity index (χ2n) is 5.38. The number of aliphatic hydroxyl groups excluding tert-OH is 1. The van der Waals surface area contributed by atoms with E-state index in [0.29, 0.717) is 17.7 Å². The van der Waals surface area contributed by atoms with Gasteiger partial charge in [0.1, 0.15) is 12.4 Å². The zero-order valence-electron chi connectivity index (χ0n) is 12.6. The van der Waals surface area contributed by atoms with Gasteiger partial charge < -0.3 is 10.0 Å². The number of benzene rings is 1. The second-order valence-corrected chi connectivity index (χ2v) is 5.38. The van der Waals surface area contributed by atoms with Gasteiger partial charge in [0.05, 0.1) is 0 Å². The molecule has 1 N–H and O–H groups in total. The van der Waals surface area contributed by atoms with Crippen LogP contribution in [0, 0.1) is 17.7 Å². The Morgan fingerprint density at radius 1 is 1.19 bits per heavy atom. The van der Waals surface area contributed by atoms with Gasteiger partial charge in [0.2, 0.25) is 0 Å². The quantitative estimate of drug-likeness (QED) is 0.855. The van der Waals surface area contributed by atoms with E-state index in [9.17, 15) is 4.39 Å². The van der Waals surface area contributed by atoms with E-state index in [1.54, 1.807) is 6.07 Å². The van der Waals surface area contributed by atoms with Gasteiger partial charge in [0, 0.05) is 43.9 Å². The van der Waals surface area contributed by atoms with Gasteiger partial charge >= 0.3 is 0 Å². The first-order chi connectivity index (χ1) is 10.2. The van der Waals surface area contributed by atoms with E-state index in [1.165, 1.54) is 12.5 Å². The lowest BCUT2D eigenvalue weighted by molar-refractivity contribution is 0.126. The van der Waals surface area contributed by atoms with Gasteiger partial charge in [0.15, 0.2) is 0 Å². The summed E-state index contributed by atoms with van der Waals surface area (Å²) in [6.07, 6.45) is 1.19. The maximum absolute atomic E-state index is 14.1. The minimum absolute atomic E-state index is 0.203. The Balaban J connectivity index is 1.92. The molecule has 0 unspecified atom stereocenters. The Morgan fingerprint density at radius 2 is 1.90 bits per heavy atom. The van der Waals surface area contributed by atoms with Crippen molar-refractivity contribution in [2.24, 2.45) is 0 Å². The van der Waals surface area contributed by atoms with Crippen LogP contribution >= 0.6 is 0 Å². The highest BCUT2D eigenvalue weighted by atomic mass is 19.1. The lowest BCUT2D eigenvalue weighted by atomic mass is 10.1. The molecule has 1 aromatic carbocycles. The van der Waals surface area contributed by atoms with Crippen LogP contribution in [0.2, 0.25) is 0 Å². The van der Waals surface area contributed by atoms with Crippen molar-refractivity contribution in [3.8, 4) is 11.8 Å². The molecule has 0 aromatic heterocycles. The Labute approximate surface area is 126 Å². The van der Waals surface area contributed by atoms with Crippen LogP contribution < -0.4 is 0 Å². The van der Waals surface area contributed by atoms with E-state index < -0.39 is 0 Å². The normalized spacial score (nSPS) is 16.5. The fourth-order valence-corrected chi connectivity index (χ4v) is 2.62. The number of rotatable bonds is 4. The standard InChI is InChI=1S/C17H23FN2O/c1-2-7-19-8-10-20(11-9-19)14-16-6-5-15(4-3-12-21)13-17(16)18/h5-6,13,21H,2,7-12,14H2,1H3. The van der Waals surface area contributed by atoms with E-state index >= 15 is 0 Å². The molecule has 3 nitrogen and oxygen atoms in total. The maximum Gasteiger partial charge on any atom is 0.128 e. The van der Waals surface area contributed by atoms with Gasteiger partial charge in [-0.05, 0) is 25.1 Å². The molecule has 0 bridgehead atoms. The highest BCUT2D eigenvalue weighted by Crippen LogP contribution is 2.14. The monoisotopic (exact) mass is 290 g/mol. The molecule has 0 spiro atoms. The molecule has 21 heavy (non-hydrogen) atoms. The molecule has 1 saturated heterocycles. The predicted molar refractivity (Wildman–Crippen MR) is 82.4 cm³/mol. The van der Waals surface area contributed by atoms with E-state index in [-0.39, 0.29) is 12.4 Å². The smallest absolute Gasteiger partial charge is 0.128 e. The highest BCUT2D eigenvalue weighted by Gasteiger charge is 2.17. The molecular weight excluding hydrogens is 267 g/mol. The first kappa shape index (κ1) is 16.0. The Hall–Kier alpha value is -1.41. The van der Waals surface area contributed by atoms with Crippen molar-refractivity contribution in [2.45, 2.75) is 19.9 Å². The summed E-state index contributed by atoms with van der Waals surface area (Å²) in [6.45, 7) is 7.91. The predicted octanol–water partition coefficient (Wildman–Crippen LogP) is 1.70. The fraction of sp³-hybridized carbons (Fsp3) is 0.529. The maximum atomic E-state index is 14.1. The summed E-state index contributed by atoms with van der Waals surface area (Å²) in [6, 6.07) is 5.06. The zero-order valence-corrected chi connectivity index (χ0v) is 12.6. The first-order valence-electron chi connectivity index (χ1n) is 7.55. The topological polar surface area (TPSA) is 26.7 Å². The van der Waals surface area contributed by atoms with Crippen LogP contribution in [0.1, 0.15) is 24.5 Å². The molecule has 0 atom stereocenters. The lowest BCUT2D eigenvalue weighted by Crippen LogP contribution is -2.46. The largest absolute Gasteiger partial charge is 0.384 e. The molecule has 0 amide bonds. The summed E-state index contributed by atoms with van der Waals surface area (Å²) >= 11 is 0. The Kier molecular flexibility index (Phi) is 6.19. The van der Waals surface area contributed by atoms with Crippen LogP contribution in [0.4, 0.5) is 4.39 Å². The second kappa shape index (κ2) is 8.14. The van der Waals surface area contributed by atoms with Gasteiger partial charge in [0.25, 0.3) is 0 Å². The van der Waals surface area contributed by atoms with Gasteiger partial charge in [-0.1, -0.05) is 24.8 Å². The number of halogens is 1. The van der Waals surface area contributed by atoms with E-state index in [0.717, 1.165) is 32.7 Å². The Morgan fingerprint density at radius 3 is 2.52 bits per heavy atom. The lowest BCUT2D eigenvalue weighted by Gasteiger charge is -2.34. The molecule has 114 valence electrons. The molecule has 1 aliphatic heterocycles. The van der Waals surface area contributed by atoms with Crippen LogP contribution in [0.25, 0.3) is 0 Å². The van der Waals surface area contributed by atoms with Crippen molar-refractivity contribution in [1.82, 2.24) is 9.80 Å².